The lowest BCUT2D eigenvalue weighted by molar-refractivity contribution is -0.139. The van der Waals surface area contributed by atoms with Crippen molar-refractivity contribution in [1.82, 2.24) is 9.88 Å². The molecule has 0 spiro atoms. The molecule has 2 aromatic rings. The zero-order valence-corrected chi connectivity index (χ0v) is 21.2. The fourth-order valence-electron chi connectivity index (χ4n) is 4.33. The van der Waals surface area contributed by atoms with E-state index < -0.39 is 17.5 Å². The van der Waals surface area contributed by atoms with Gasteiger partial charge in [-0.25, -0.2) is 4.98 Å². The van der Waals surface area contributed by atoms with Crippen LogP contribution in [0, 0.1) is 11.3 Å². The first-order chi connectivity index (χ1) is 18.2. The van der Waals surface area contributed by atoms with Crippen LogP contribution in [0.2, 0.25) is 0 Å². The maximum Gasteiger partial charge on any atom is 0.418 e. The molecule has 12 heteroatoms. The lowest BCUT2D eigenvalue weighted by Gasteiger charge is -2.36. The van der Waals surface area contributed by atoms with E-state index in [-0.39, 0.29) is 24.3 Å². The van der Waals surface area contributed by atoms with E-state index in [1.54, 1.807) is 12.3 Å². The van der Waals surface area contributed by atoms with E-state index in [9.17, 15) is 18.0 Å². The molecule has 2 fully saturated rings. The van der Waals surface area contributed by atoms with E-state index in [0.29, 0.717) is 24.8 Å². The summed E-state index contributed by atoms with van der Waals surface area (Å²) >= 11 is 0. The van der Waals surface area contributed by atoms with Crippen molar-refractivity contribution in [3.05, 3.63) is 47.8 Å². The highest BCUT2D eigenvalue weighted by Gasteiger charge is 2.34. The van der Waals surface area contributed by atoms with Crippen LogP contribution in [-0.2, 0) is 20.5 Å². The number of phenols is 1. The number of rotatable bonds is 6. The monoisotopic (exact) mass is 535 g/mol. The molecular weight excluding hydrogens is 503 g/mol. The Kier molecular flexibility index (Phi) is 10.6. The van der Waals surface area contributed by atoms with Gasteiger partial charge in [-0.1, -0.05) is 19.3 Å². The first-order valence-electron chi connectivity index (χ1n) is 12.4. The summed E-state index contributed by atoms with van der Waals surface area (Å²) in [6.07, 6.45) is 3.38. The lowest BCUT2D eigenvalue weighted by atomic mass is 9.98. The number of nitrogens with one attached hydrogen (secondary N) is 1. The van der Waals surface area contributed by atoms with Gasteiger partial charge in [0, 0.05) is 26.2 Å². The van der Waals surface area contributed by atoms with Gasteiger partial charge in [-0.05, 0) is 43.2 Å². The molecule has 0 atom stereocenters. The van der Waals surface area contributed by atoms with Gasteiger partial charge in [0.05, 0.1) is 36.3 Å². The van der Waals surface area contributed by atoms with E-state index in [1.165, 1.54) is 26.4 Å². The summed E-state index contributed by atoms with van der Waals surface area (Å²) in [5.74, 6) is -0.350. The SMILES string of the molecule is CONc1ccc(O)cc1C(F)(F)F.N#Cc1ccc(N2CCN(C(=O)COC3CCCCC3)CC2)cn1. The molecule has 0 radical (unpaired) electrons. The number of ether oxygens (including phenoxy) is 1. The molecule has 1 amide bonds. The number of benzene rings is 1. The van der Waals surface area contributed by atoms with Crippen LogP contribution < -0.4 is 10.4 Å². The Bertz CT molecular complexity index is 1080. The van der Waals surface area contributed by atoms with Crippen LogP contribution in [-0.4, -0.2) is 66.9 Å². The van der Waals surface area contributed by atoms with E-state index in [4.69, 9.17) is 15.1 Å². The maximum atomic E-state index is 12.3. The number of carbonyl (C=O) groups excluding carboxylic acids is 1. The van der Waals surface area contributed by atoms with Gasteiger partial charge < -0.3 is 19.6 Å². The number of amides is 1. The average molecular weight is 536 g/mol. The van der Waals surface area contributed by atoms with Gasteiger partial charge in [-0.15, -0.1) is 0 Å². The number of carbonyl (C=O) groups is 1. The minimum absolute atomic E-state index is 0.0955. The molecule has 1 saturated heterocycles. The van der Waals surface area contributed by atoms with Crippen molar-refractivity contribution in [2.75, 3.05) is 50.3 Å². The van der Waals surface area contributed by atoms with Crippen molar-refractivity contribution in [1.29, 1.82) is 5.26 Å². The van der Waals surface area contributed by atoms with Crippen LogP contribution in [0.25, 0.3) is 0 Å². The third kappa shape index (κ3) is 8.49. The van der Waals surface area contributed by atoms with Crippen molar-refractivity contribution in [2.45, 2.75) is 44.4 Å². The van der Waals surface area contributed by atoms with Gasteiger partial charge in [-0.3, -0.25) is 15.1 Å². The van der Waals surface area contributed by atoms with Gasteiger partial charge in [0.15, 0.2) is 0 Å². The third-order valence-corrected chi connectivity index (χ3v) is 6.38. The molecule has 1 aliphatic carbocycles. The normalized spacial score (nSPS) is 16.3. The van der Waals surface area contributed by atoms with E-state index in [0.717, 1.165) is 43.8 Å². The Hall–Kier alpha value is -3.56. The molecule has 9 nitrogen and oxygen atoms in total. The smallest absolute Gasteiger partial charge is 0.418 e. The summed E-state index contributed by atoms with van der Waals surface area (Å²) in [5.41, 5.74) is 2.29. The number of alkyl halides is 3. The maximum absolute atomic E-state index is 12.3. The van der Waals surface area contributed by atoms with E-state index in [1.807, 2.05) is 17.0 Å². The number of nitriles is 1. The molecule has 1 saturated carbocycles. The summed E-state index contributed by atoms with van der Waals surface area (Å²) in [4.78, 5) is 24.9. The number of nitrogens with zero attached hydrogens (tertiary/aromatic N) is 4. The average Bonchev–Trinajstić information content (AvgIpc) is 2.93. The number of pyridine rings is 1. The van der Waals surface area contributed by atoms with Crippen molar-refractivity contribution in [3.63, 3.8) is 0 Å². The van der Waals surface area contributed by atoms with Crippen LogP contribution >= 0.6 is 0 Å². The van der Waals surface area contributed by atoms with Crippen molar-refractivity contribution >= 4 is 17.3 Å². The van der Waals surface area contributed by atoms with Crippen molar-refractivity contribution in [2.24, 2.45) is 0 Å². The quantitative estimate of drug-likeness (QED) is 0.415. The summed E-state index contributed by atoms with van der Waals surface area (Å²) < 4.78 is 42.8. The summed E-state index contributed by atoms with van der Waals surface area (Å²) in [6, 6.07) is 8.51. The van der Waals surface area contributed by atoms with Crippen LogP contribution in [0.1, 0.15) is 43.4 Å². The Labute approximate surface area is 219 Å². The van der Waals surface area contributed by atoms with E-state index in [2.05, 4.69) is 20.2 Å². The molecule has 0 bridgehead atoms. The number of hydrogen-bond acceptors (Lipinski definition) is 8. The highest BCUT2D eigenvalue weighted by atomic mass is 19.4. The molecule has 2 aliphatic rings. The molecule has 1 aliphatic heterocycles. The van der Waals surface area contributed by atoms with Crippen LogP contribution in [0.3, 0.4) is 0 Å². The predicted molar refractivity (Wildman–Crippen MR) is 134 cm³/mol. The standard InChI is InChI=1S/C18H24N4O2.C8H8F3NO2/c19-12-15-6-7-16(13-20-15)21-8-10-22(11-9-21)18(23)14-24-17-4-2-1-3-5-17;1-14-12-7-3-2-5(13)4-6(7)8(9,10)11/h6-7,13,17H,1-5,8-11,14H2;2-4,12-13H,1H3. The molecule has 2 heterocycles. The topological polar surface area (TPSA) is 111 Å². The van der Waals surface area contributed by atoms with Gasteiger partial charge in [-0.2, -0.15) is 18.4 Å². The number of hydrogen-bond donors (Lipinski definition) is 2. The number of aromatic hydroxyl groups is 1. The first-order valence-corrected chi connectivity index (χ1v) is 12.4. The predicted octanol–water partition coefficient (Wildman–Crippen LogP) is 4.34. The molecule has 0 unspecified atom stereocenters. The molecule has 1 aromatic carbocycles. The molecule has 206 valence electrons. The Morgan fingerprint density at radius 3 is 2.45 bits per heavy atom. The summed E-state index contributed by atoms with van der Waals surface area (Å²) in [7, 11) is 1.20. The minimum Gasteiger partial charge on any atom is -0.508 e. The van der Waals surface area contributed by atoms with Gasteiger partial charge in [0.2, 0.25) is 5.91 Å². The number of aromatic nitrogens is 1. The van der Waals surface area contributed by atoms with Crippen molar-refractivity contribution in [3.8, 4) is 11.8 Å². The Balaban J connectivity index is 0.000000244. The Morgan fingerprint density at radius 2 is 1.87 bits per heavy atom. The lowest BCUT2D eigenvalue weighted by Crippen LogP contribution is -2.50. The summed E-state index contributed by atoms with van der Waals surface area (Å²) in [6.45, 7) is 3.17. The zero-order valence-electron chi connectivity index (χ0n) is 21.2. The van der Waals surface area contributed by atoms with Gasteiger partial charge in [0.1, 0.15) is 24.1 Å². The van der Waals surface area contributed by atoms with E-state index >= 15 is 0 Å². The van der Waals surface area contributed by atoms with Gasteiger partial charge in [0.25, 0.3) is 0 Å². The fraction of sp³-hybridized carbons (Fsp3) is 0.500. The zero-order chi connectivity index (χ0) is 27.5. The summed E-state index contributed by atoms with van der Waals surface area (Å²) in [5, 5.41) is 17.7. The van der Waals surface area contributed by atoms with Crippen LogP contribution in [0.4, 0.5) is 24.5 Å². The van der Waals surface area contributed by atoms with Crippen molar-refractivity contribution < 1.29 is 32.6 Å². The number of anilines is 2. The number of piperazine rings is 1. The fourth-order valence-corrected chi connectivity index (χ4v) is 4.33. The number of halogens is 3. The second-order valence-electron chi connectivity index (χ2n) is 8.99. The van der Waals surface area contributed by atoms with Crippen LogP contribution in [0.5, 0.6) is 5.75 Å². The second kappa shape index (κ2) is 13.8. The second-order valence-corrected chi connectivity index (χ2v) is 8.99. The molecule has 1 aromatic heterocycles. The molecular formula is C26H32F3N5O4. The van der Waals surface area contributed by atoms with Crippen LogP contribution in [0.15, 0.2) is 36.5 Å². The van der Waals surface area contributed by atoms with Gasteiger partial charge >= 0.3 is 6.18 Å². The largest absolute Gasteiger partial charge is 0.508 e. The number of phenolic OH excluding ortho intramolecular Hbond substituents is 1. The first kappa shape index (κ1) is 29.0. The highest BCUT2D eigenvalue weighted by molar-refractivity contribution is 5.77. The molecule has 38 heavy (non-hydrogen) atoms. The minimum atomic E-state index is -4.53. The Morgan fingerprint density at radius 1 is 1.16 bits per heavy atom. The third-order valence-electron chi connectivity index (χ3n) is 6.38. The molecule has 4 rings (SSSR count). The molecule has 2 N–H and O–H groups in total. The highest BCUT2D eigenvalue weighted by Crippen LogP contribution is 2.36.